The molecule has 0 radical (unpaired) electrons. The minimum atomic E-state index is -0.585. The Hall–Kier alpha value is -2.80. The van der Waals surface area contributed by atoms with Gasteiger partial charge in [-0.15, -0.1) is 0 Å². The first-order valence-electron chi connectivity index (χ1n) is 7.30. The van der Waals surface area contributed by atoms with Gasteiger partial charge in [-0.05, 0) is 36.4 Å². The maximum absolute atomic E-state index is 13.8. The summed E-state index contributed by atoms with van der Waals surface area (Å²) in [5.41, 5.74) is 1.29. The first kappa shape index (κ1) is 18.5. The average molecular weight is 366 g/mol. The van der Waals surface area contributed by atoms with E-state index in [9.17, 15) is 14.0 Å². The smallest absolute Gasteiger partial charge is 0.411 e. The first-order chi connectivity index (χ1) is 11.9. The highest BCUT2D eigenvalue weighted by molar-refractivity contribution is 6.31. The standard InChI is InChI=1S/C17H17ClFN3O3/c1-22(10-13-14(18)4-3-5-15(13)19)16(23)20-11-6-8-12(9-7-11)21-17(24)25-2/h3-9H,10H2,1-2H3,(H,20,23)(H,21,24). The molecule has 0 aromatic heterocycles. The molecular weight excluding hydrogens is 349 g/mol. The number of rotatable bonds is 4. The fourth-order valence-electron chi connectivity index (χ4n) is 2.02. The van der Waals surface area contributed by atoms with E-state index in [-0.39, 0.29) is 17.1 Å². The van der Waals surface area contributed by atoms with Crippen molar-refractivity contribution in [1.82, 2.24) is 4.90 Å². The summed E-state index contributed by atoms with van der Waals surface area (Å²) in [6.07, 6.45) is -0.585. The Morgan fingerprint density at radius 3 is 2.28 bits per heavy atom. The van der Waals surface area contributed by atoms with E-state index in [1.165, 1.54) is 31.2 Å². The number of benzene rings is 2. The highest BCUT2D eigenvalue weighted by atomic mass is 35.5. The highest BCUT2D eigenvalue weighted by Crippen LogP contribution is 2.21. The van der Waals surface area contributed by atoms with E-state index in [1.807, 2.05) is 0 Å². The summed E-state index contributed by atoms with van der Waals surface area (Å²) in [6, 6.07) is 10.4. The largest absolute Gasteiger partial charge is 0.453 e. The van der Waals surface area contributed by atoms with Crippen LogP contribution in [0, 0.1) is 5.82 Å². The highest BCUT2D eigenvalue weighted by Gasteiger charge is 2.14. The van der Waals surface area contributed by atoms with Crippen LogP contribution in [0.4, 0.5) is 25.4 Å². The number of hydrogen-bond donors (Lipinski definition) is 2. The van der Waals surface area contributed by atoms with Crippen LogP contribution in [-0.4, -0.2) is 31.2 Å². The lowest BCUT2D eigenvalue weighted by molar-refractivity contribution is 0.187. The topological polar surface area (TPSA) is 70.7 Å². The van der Waals surface area contributed by atoms with Crippen LogP contribution in [-0.2, 0) is 11.3 Å². The van der Waals surface area contributed by atoms with Crippen molar-refractivity contribution in [1.29, 1.82) is 0 Å². The van der Waals surface area contributed by atoms with Crippen LogP contribution >= 0.6 is 11.6 Å². The van der Waals surface area contributed by atoms with E-state index in [4.69, 9.17) is 11.6 Å². The molecule has 25 heavy (non-hydrogen) atoms. The van der Waals surface area contributed by atoms with E-state index in [0.29, 0.717) is 11.4 Å². The van der Waals surface area contributed by atoms with Crippen molar-refractivity contribution in [3.05, 3.63) is 58.9 Å². The van der Waals surface area contributed by atoms with Gasteiger partial charge in [0.05, 0.1) is 13.7 Å². The lowest BCUT2D eigenvalue weighted by Gasteiger charge is -2.19. The Morgan fingerprint density at radius 1 is 1.12 bits per heavy atom. The molecule has 2 N–H and O–H groups in total. The zero-order valence-corrected chi connectivity index (χ0v) is 14.4. The maximum atomic E-state index is 13.8. The van der Waals surface area contributed by atoms with Crippen LogP contribution in [0.5, 0.6) is 0 Å². The molecule has 0 unspecified atom stereocenters. The molecule has 2 rings (SSSR count). The zero-order valence-electron chi connectivity index (χ0n) is 13.7. The third-order valence-corrected chi connectivity index (χ3v) is 3.73. The van der Waals surface area contributed by atoms with Gasteiger partial charge >= 0.3 is 12.1 Å². The molecule has 0 fully saturated rings. The van der Waals surface area contributed by atoms with Gasteiger partial charge in [-0.1, -0.05) is 17.7 Å². The predicted molar refractivity (Wildman–Crippen MR) is 94.4 cm³/mol. The molecule has 0 aliphatic heterocycles. The molecule has 132 valence electrons. The van der Waals surface area contributed by atoms with Gasteiger partial charge in [0.2, 0.25) is 0 Å². The molecule has 0 saturated heterocycles. The normalized spacial score (nSPS) is 10.1. The van der Waals surface area contributed by atoms with Crippen LogP contribution in [0.2, 0.25) is 5.02 Å². The van der Waals surface area contributed by atoms with Gasteiger partial charge in [0.25, 0.3) is 0 Å². The first-order valence-corrected chi connectivity index (χ1v) is 7.68. The Bertz CT molecular complexity index is 748. The molecule has 0 aliphatic rings. The van der Waals surface area contributed by atoms with Crippen LogP contribution in [0.25, 0.3) is 0 Å². The van der Waals surface area contributed by atoms with E-state index >= 15 is 0 Å². The molecule has 0 aliphatic carbocycles. The molecule has 0 bridgehead atoms. The van der Waals surface area contributed by atoms with Crippen LogP contribution < -0.4 is 10.6 Å². The number of ether oxygens (including phenoxy) is 1. The molecule has 6 nitrogen and oxygen atoms in total. The van der Waals surface area contributed by atoms with Crippen molar-refractivity contribution >= 4 is 35.1 Å². The summed E-state index contributed by atoms with van der Waals surface area (Å²) in [6.45, 7) is 0.0271. The minimum absolute atomic E-state index is 0.0271. The second kappa shape index (κ2) is 8.34. The molecule has 3 amide bonds. The van der Waals surface area contributed by atoms with Gasteiger partial charge in [0.1, 0.15) is 5.82 Å². The summed E-state index contributed by atoms with van der Waals surface area (Å²) in [7, 11) is 2.80. The third kappa shape index (κ3) is 5.09. The van der Waals surface area contributed by atoms with Gasteiger partial charge < -0.3 is 15.0 Å². The van der Waals surface area contributed by atoms with E-state index < -0.39 is 17.9 Å². The second-order valence-electron chi connectivity index (χ2n) is 5.18. The Kier molecular flexibility index (Phi) is 6.19. The number of urea groups is 1. The van der Waals surface area contributed by atoms with Crippen LogP contribution in [0.1, 0.15) is 5.56 Å². The number of methoxy groups -OCH3 is 1. The van der Waals surface area contributed by atoms with E-state index in [0.717, 1.165) is 0 Å². The van der Waals surface area contributed by atoms with Crippen LogP contribution in [0.15, 0.2) is 42.5 Å². The fourth-order valence-corrected chi connectivity index (χ4v) is 2.24. The molecule has 2 aromatic rings. The molecule has 0 spiro atoms. The van der Waals surface area contributed by atoms with Gasteiger partial charge in [-0.25, -0.2) is 14.0 Å². The lowest BCUT2D eigenvalue weighted by atomic mass is 10.2. The van der Waals surface area contributed by atoms with Crippen molar-refractivity contribution in [2.45, 2.75) is 6.54 Å². The number of nitrogens with zero attached hydrogens (tertiary/aromatic N) is 1. The maximum Gasteiger partial charge on any atom is 0.411 e. The van der Waals surface area contributed by atoms with Gasteiger partial charge in [-0.2, -0.15) is 0 Å². The number of hydrogen-bond acceptors (Lipinski definition) is 3. The van der Waals surface area contributed by atoms with E-state index in [2.05, 4.69) is 15.4 Å². The van der Waals surface area contributed by atoms with Crippen molar-refractivity contribution < 1.29 is 18.7 Å². The quantitative estimate of drug-likeness (QED) is 0.847. The number of carbonyl (C=O) groups excluding carboxylic acids is 2. The van der Waals surface area contributed by atoms with Gasteiger partial charge in [0, 0.05) is 29.0 Å². The number of nitrogens with one attached hydrogen (secondary N) is 2. The summed E-state index contributed by atoms with van der Waals surface area (Å²) in [5, 5.41) is 5.43. The molecule has 0 saturated carbocycles. The second-order valence-corrected chi connectivity index (χ2v) is 5.59. The summed E-state index contributed by atoms with van der Waals surface area (Å²) in [4.78, 5) is 24.6. The Labute approximate surface area is 149 Å². The van der Waals surface area contributed by atoms with Crippen molar-refractivity contribution in [3.63, 3.8) is 0 Å². The van der Waals surface area contributed by atoms with Crippen LogP contribution in [0.3, 0.4) is 0 Å². The number of anilines is 2. The number of carbonyl (C=O) groups is 2. The lowest BCUT2D eigenvalue weighted by Crippen LogP contribution is -2.31. The molecule has 0 heterocycles. The fraction of sp³-hybridized carbons (Fsp3) is 0.176. The molecular formula is C17H17ClFN3O3. The van der Waals surface area contributed by atoms with Crippen molar-refractivity contribution in [2.75, 3.05) is 24.8 Å². The van der Waals surface area contributed by atoms with Crippen molar-refractivity contribution in [2.24, 2.45) is 0 Å². The summed E-state index contributed by atoms with van der Waals surface area (Å²) in [5.74, 6) is -0.467. The Morgan fingerprint density at radius 2 is 1.72 bits per heavy atom. The monoisotopic (exact) mass is 365 g/mol. The number of amides is 3. The Balaban J connectivity index is 1.98. The number of halogens is 2. The van der Waals surface area contributed by atoms with Crippen molar-refractivity contribution in [3.8, 4) is 0 Å². The van der Waals surface area contributed by atoms with E-state index in [1.54, 1.807) is 30.3 Å². The summed E-state index contributed by atoms with van der Waals surface area (Å²) < 4.78 is 18.3. The molecule has 8 heteroatoms. The molecule has 2 aromatic carbocycles. The predicted octanol–water partition coefficient (Wildman–Crippen LogP) is 4.32. The van der Waals surface area contributed by atoms with Gasteiger partial charge in [0.15, 0.2) is 0 Å². The minimum Gasteiger partial charge on any atom is -0.453 e. The summed E-state index contributed by atoms with van der Waals surface area (Å²) >= 11 is 5.97. The average Bonchev–Trinajstić information content (AvgIpc) is 2.59. The molecule has 0 atom stereocenters. The van der Waals surface area contributed by atoms with Gasteiger partial charge in [-0.3, -0.25) is 5.32 Å². The zero-order chi connectivity index (χ0) is 18.4. The third-order valence-electron chi connectivity index (χ3n) is 3.37. The SMILES string of the molecule is COC(=O)Nc1ccc(NC(=O)N(C)Cc2c(F)cccc2Cl)cc1.